The number of sulfone groups is 1. The van der Waals surface area contributed by atoms with Gasteiger partial charge in [-0.15, -0.1) is 0 Å². The van der Waals surface area contributed by atoms with E-state index >= 15 is 0 Å². The van der Waals surface area contributed by atoms with E-state index in [1.165, 1.54) is 12.1 Å². The van der Waals surface area contributed by atoms with E-state index in [-0.39, 0.29) is 5.69 Å². The molecule has 0 heterocycles. The summed E-state index contributed by atoms with van der Waals surface area (Å²) in [7, 11) is -3.49. The lowest BCUT2D eigenvalue weighted by Gasteiger charge is -2.21. The number of nitrogens with two attached hydrogens (primary N) is 1. The number of nitrogen functional groups attached to an aromatic ring is 1. The Labute approximate surface area is 123 Å². The van der Waals surface area contributed by atoms with E-state index < -0.39 is 32.6 Å². The predicted molar refractivity (Wildman–Crippen MR) is 80.1 cm³/mol. The Kier molecular flexibility index (Phi) is 4.82. The van der Waals surface area contributed by atoms with Crippen LogP contribution >= 0.6 is 0 Å². The molecule has 0 atom stereocenters. The molecule has 1 aliphatic rings. The van der Waals surface area contributed by atoms with Crippen LogP contribution in [0, 0.1) is 5.82 Å². The minimum atomic E-state index is -3.49. The highest BCUT2D eigenvalue weighted by atomic mass is 32.2. The van der Waals surface area contributed by atoms with Crippen molar-refractivity contribution in [3.05, 3.63) is 24.0 Å². The number of rotatable bonds is 4. The van der Waals surface area contributed by atoms with Crippen LogP contribution in [-0.4, -0.2) is 25.3 Å². The first-order chi connectivity index (χ1) is 9.88. The summed E-state index contributed by atoms with van der Waals surface area (Å²) in [5, 5.41) is 1.82. The first-order valence-corrected chi connectivity index (χ1v) is 8.66. The fourth-order valence-electron chi connectivity index (χ4n) is 2.55. The van der Waals surface area contributed by atoms with Gasteiger partial charge in [0.2, 0.25) is 5.91 Å². The van der Waals surface area contributed by atoms with Crippen molar-refractivity contribution in [2.24, 2.45) is 0 Å². The number of hydrogen-bond donors (Lipinski definition) is 2. The second kappa shape index (κ2) is 6.43. The lowest BCUT2D eigenvalue weighted by Crippen LogP contribution is -2.32. The number of nitrogens with one attached hydrogen (secondary N) is 1. The van der Waals surface area contributed by atoms with Gasteiger partial charge in [-0.2, -0.15) is 0 Å². The van der Waals surface area contributed by atoms with Crippen molar-refractivity contribution in [1.29, 1.82) is 0 Å². The summed E-state index contributed by atoms with van der Waals surface area (Å²) in [6.07, 6.45) is 3.97. The molecule has 0 bridgehead atoms. The maximum Gasteiger partial charge on any atom is 0.239 e. The van der Waals surface area contributed by atoms with E-state index in [1.807, 2.05) is 0 Å². The van der Waals surface area contributed by atoms with Gasteiger partial charge in [-0.1, -0.05) is 19.3 Å². The first kappa shape index (κ1) is 15.8. The lowest BCUT2D eigenvalue weighted by molar-refractivity contribution is -0.113. The number of carbonyl (C=O) groups is 1. The van der Waals surface area contributed by atoms with Gasteiger partial charge in [0, 0.05) is 5.69 Å². The zero-order valence-corrected chi connectivity index (χ0v) is 12.5. The van der Waals surface area contributed by atoms with Gasteiger partial charge in [0.25, 0.3) is 0 Å². The Balaban J connectivity index is 2.02. The molecule has 0 aromatic heterocycles. The quantitative estimate of drug-likeness (QED) is 0.833. The molecule has 116 valence electrons. The Bertz CT molecular complexity index is 625. The molecule has 0 unspecified atom stereocenters. The standard InChI is InChI=1S/C14H19FN2O3S/c15-12-7-6-10(16)8-13(12)17-14(18)9-21(19,20)11-4-2-1-3-5-11/h6-8,11H,1-5,9,16H2,(H,17,18). The van der Waals surface area contributed by atoms with Gasteiger partial charge in [0.05, 0.1) is 10.9 Å². The van der Waals surface area contributed by atoms with Gasteiger partial charge in [-0.3, -0.25) is 4.79 Å². The van der Waals surface area contributed by atoms with E-state index in [0.717, 1.165) is 25.3 Å². The van der Waals surface area contributed by atoms with Crippen LogP contribution in [0.15, 0.2) is 18.2 Å². The maximum absolute atomic E-state index is 13.5. The van der Waals surface area contributed by atoms with Crippen LogP contribution in [0.25, 0.3) is 0 Å². The van der Waals surface area contributed by atoms with Gasteiger partial charge < -0.3 is 11.1 Å². The third-order valence-corrected chi connectivity index (χ3v) is 5.81. The highest BCUT2D eigenvalue weighted by Crippen LogP contribution is 2.24. The number of hydrogen-bond acceptors (Lipinski definition) is 4. The van der Waals surface area contributed by atoms with Crippen LogP contribution < -0.4 is 11.1 Å². The minimum absolute atomic E-state index is 0.0983. The number of anilines is 2. The van der Waals surface area contributed by atoms with Crippen molar-refractivity contribution in [3.8, 4) is 0 Å². The van der Waals surface area contributed by atoms with Crippen LogP contribution in [0.2, 0.25) is 0 Å². The molecule has 7 heteroatoms. The Morgan fingerprint density at radius 2 is 1.95 bits per heavy atom. The maximum atomic E-state index is 13.5. The topological polar surface area (TPSA) is 89.3 Å². The second-order valence-electron chi connectivity index (χ2n) is 5.35. The molecule has 3 N–H and O–H groups in total. The lowest BCUT2D eigenvalue weighted by atomic mass is 10.0. The average molecular weight is 314 g/mol. The Hall–Kier alpha value is -1.63. The van der Waals surface area contributed by atoms with Crippen molar-refractivity contribution < 1.29 is 17.6 Å². The van der Waals surface area contributed by atoms with Gasteiger partial charge >= 0.3 is 0 Å². The van der Waals surface area contributed by atoms with Crippen molar-refractivity contribution in [1.82, 2.24) is 0 Å². The smallest absolute Gasteiger partial charge is 0.239 e. The fraction of sp³-hybridized carbons (Fsp3) is 0.500. The fourth-order valence-corrected chi connectivity index (χ4v) is 4.27. The number of halogens is 1. The molecular weight excluding hydrogens is 295 g/mol. The monoisotopic (exact) mass is 314 g/mol. The third-order valence-electron chi connectivity index (χ3n) is 3.66. The summed E-state index contributed by atoms with van der Waals surface area (Å²) in [5.41, 5.74) is 5.71. The normalized spacial score (nSPS) is 16.6. The molecule has 1 aromatic carbocycles. The molecule has 0 spiro atoms. The Morgan fingerprint density at radius 1 is 1.29 bits per heavy atom. The molecule has 1 saturated carbocycles. The van der Waals surface area contributed by atoms with Crippen LogP contribution in [0.3, 0.4) is 0 Å². The van der Waals surface area contributed by atoms with Gasteiger partial charge in [0.15, 0.2) is 9.84 Å². The van der Waals surface area contributed by atoms with E-state index in [9.17, 15) is 17.6 Å². The van der Waals surface area contributed by atoms with E-state index in [0.29, 0.717) is 18.5 Å². The molecule has 1 aliphatic carbocycles. The first-order valence-electron chi connectivity index (χ1n) is 6.95. The molecular formula is C14H19FN2O3S. The summed E-state index contributed by atoms with van der Waals surface area (Å²) in [6, 6.07) is 3.75. The van der Waals surface area contributed by atoms with Gasteiger partial charge in [-0.05, 0) is 31.0 Å². The molecule has 5 nitrogen and oxygen atoms in total. The van der Waals surface area contributed by atoms with Crippen LogP contribution in [0.1, 0.15) is 32.1 Å². The van der Waals surface area contributed by atoms with Gasteiger partial charge in [-0.25, -0.2) is 12.8 Å². The predicted octanol–water partition coefficient (Wildman–Crippen LogP) is 2.09. The molecule has 21 heavy (non-hydrogen) atoms. The van der Waals surface area contributed by atoms with Crippen LogP contribution in [0.4, 0.5) is 15.8 Å². The Morgan fingerprint density at radius 3 is 2.62 bits per heavy atom. The van der Waals surface area contributed by atoms with Crippen LogP contribution in [0.5, 0.6) is 0 Å². The SMILES string of the molecule is Nc1ccc(F)c(NC(=O)CS(=O)(=O)C2CCCCC2)c1. The van der Waals surface area contributed by atoms with E-state index in [2.05, 4.69) is 5.32 Å². The second-order valence-corrected chi connectivity index (χ2v) is 7.64. The summed E-state index contributed by atoms with van der Waals surface area (Å²) < 4.78 is 37.8. The molecule has 1 fully saturated rings. The van der Waals surface area contributed by atoms with Crippen LogP contribution in [-0.2, 0) is 14.6 Å². The highest BCUT2D eigenvalue weighted by Gasteiger charge is 2.29. The zero-order valence-electron chi connectivity index (χ0n) is 11.6. The van der Waals surface area contributed by atoms with E-state index in [1.54, 1.807) is 0 Å². The molecule has 1 aromatic rings. The van der Waals surface area contributed by atoms with Gasteiger partial charge in [0.1, 0.15) is 11.6 Å². The zero-order chi connectivity index (χ0) is 15.5. The summed E-state index contributed by atoms with van der Waals surface area (Å²) in [4.78, 5) is 11.8. The molecule has 0 aliphatic heterocycles. The summed E-state index contributed by atoms with van der Waals surface area (Å²) in [6.45, 7) is 0. The third kappa shape index (κ3) is 4.17. The molecule has 1 amide bonds. The molecule has 0 radical (unpaired) electrons. The minimum Gasteiger partial charge on any atom is -0.399 e. The number of amides is 1. The van der Waals surface area contributed by atoms with Crippen molar-refractivity contribution in [2.75, 3.05) is 16.8 Å². The van der Waals surface area contributed by atoms with Crippen molar-refractivity contribution in [2.45, 2.75) is 37.4 Å². The van der Waals surface area contributed by atoms with Crippen molar-refractivity contribution >= 4 is 27.1 Å². The largest absolute Gasteiger partial charge is 0.399 e. The molecule has 2 rings (SSSR count). The summed E-state index contributed by atoms with van der Waals surface area (Å²) >= 11 is 0. The highest BCUT2D eigenvalue weighted by molar-refractivity contribution is 7.92. The average Bonchev–Trinajstić information content (AvgIpc) is 2.43. The summed E-state index contributed by atoms with van der Waals surface area (Å²) in [5.74, 6) is -2.00. The number of benzene rings is 1. The molecule has 0 saturated heterocycles. The number of carbonyl (C=O) groups excluding carboxylic acids is 1. The van der Waals surface area contributed by atoms with E-state index in [4.69, 9.17) is 5.73 Å². The van der Waals surface area contributed by atoms with Crippen molar-refractivity contribution in [3.63, 3.8) is 0 Å².